The highest BCUT2D eigenvalue weighted by atomic mass is 35.5. The second-order valence-corrected chi connectivity index (χ2v) is 14.9. The number of hydrogen-bond acceptors (Lipinski definition) is 10. The van der Waals surface area contributed by atoms with Crippen molar-refractivity contribution in [3.63, 3.8) is 0 Å². The maximum absolute atomic E-state index is 13.5. The van der Waals surface area contributed by atoms with Crippen LogP contribution < -0.4 is 28.4 Å². The zero-order valence-corrected chi connectivity index (χ0v) is 32.4. The van der Waals surface area contributed by atoms with E-state index in [9.17, 15) is 14.4 Å². The van der Waals surface area contributed by atoms with Gasteiger partial charge in [0.25, 0.3) is 0 Å². The fourth-order valence-electron chi connectivity index (χ4n) is 6.60. The number of carbonyl (C=O) groups is 3. The number of esters is 1. The summed E-state index contributed by atoms with van der Waals surface area (Å²) in [7, 11) is 3.16. The van der Waals surface area contributed by atoms with E-state index in [0.717, 1.165) is 23.3 Å². The minimum atomic E-state index is -1.12. The Hall–Kier alpha value is -5.22. The zero-order chi connectivity index (χ0) is 38.9. The summed E-state index contributed by atoms with van der Waals surface area (Å²) in [5.41, 5.74) is 2.33. The van der Waals surface area contributed by atoms with Crippen molar-refractivity contribution in [1.29, 1.82) is 0 Å². The van der Waals surface area contributed by atoms with E-state index in [0.29, 0.717) is 63.0 Å². The molecule has 10 nitrogen and oxygen atoms in total. The lowest BCUT2D eigenvalue weighted by Crippen LogP contribution is -2.43. The van der Waals surface area contributed by atoms with Crippen molar-refractivity contribution in [2.75, 3.05) is 20.8 Å². The van der Waals surface area contributed by atoms with Crippen molar-refractivity contribution in [3.05, 3.63) is 106 Å². The van der Waals surface area contributed by atoms with Gasteiger partial charge < -0.3 is 33.2 Å². The number of hydrogen-bond donors (Lipinski definition) is 0. The van der Waals surface area contributed by atoms with Gasteiger partial charge in [0.05, 0.1) is 31.8 Å². The smallest absolute Gasteiger partial charge is 0.350 e. The summed E-state index contributed by atoms with van der Waals surface area (Å²) in [6, 6.07) is 20.7. The van der Waals surface area contributed by atoms with E-state index in [1.54, 1.807) is 96.5 Å². The second-order valence-electron chi connectivity index (χ2n) is 14.5. The van der Waals surface area contributed by atoms with Crippen molar-refractivity contribution in [2.24, 2.45) is 5.92 Å². The lowest BCUT2D eigenvalue weighted by molar-refractivity contribution is -0.163. The SMILES string of the molecule is CC(C)OC(=O)C(C)(C)Oc1ccc(C(=O)c2ccc(Cl)cc2)cc1.COc1cc2c(cc1OC)C1C(=O)c3ccc4c(c3OC1CO2)CC(C(C)C)O4. The molecule has 0 fully saturated rings. The zero-order valence-electron chi connectivity index (χ0n) is 31.7. The summed E-state index contributed by atoms with van der Waals surface area (Å²) >= 11 is 5.84. The van der Waals surface area contributed by atoms with Gasteiger partial charge in [0.15, 0.2) is 28.7 Å². The average molecular weight is 757 g/mol. The minimum absolute atomic E-state index is 0.0452. The van der Waals surface area contributed by atoms with Crippen LogP contribution in [0.2, 0.25) is 5.02 Å². The Kier molecular flexibility index (Phi) is 11.1. The fourth-order valence-corrected chi connectivity index (χ4v) is 6.72. The molecular formula is C43H45ClO10. The molecule has 4 aromatic carbocycles. The van der Waals surface area contributed by atoms with E-state index < -0.39 is 17.5 Å². The first-order chi connectivity index (χ1) is 25.7. The highest BCUT2D eigenvalue weighted by molar-refractivity contribution is 6.30. The van der Waals surface area contributed by atoms with Gasteiger partial charge in [-0.1, -0.05) is 25.4 Å². The van der Waals surface area contributed by atoms with Crippen molar-refractivity contribution in [2.45, 2.75) is 77.8 Å². The van der Waals surface area contributed by atoms with Gasteiger partial charge in [-0.3, -0.25) is 9.59 Å². The molecule has 54 heavy (non-hydrogen) atoms. The van der Waals surface area contributed by atoms with Gasteiger partial charge in [0.1, 0.15) is 41.8 Å². The van der Waals surface area contributed by atoms with Crippen LogP contribution in [0.25, 0.3) is 0 Å². The summed E-state index contributed by atoms with van der Waals surface area (Å²) in [6.07, 6.45) is 0.261. The molecule has 3 atom stereocenters. The molecular weight excluding hydrogens is 712 g/mol. The van der Waals surface area contributed by atoms with Crippen LogP contribution in [-0.2, 0) is 16.0 Å². The number of rotatable bonds is 9. The third kappa shape index (κ3) is 7.85. The van der Waals surface area contributed by atoms with Crippen molar-refractivity contribution >= 4 is 29.1 Å². The quantitative estimate of drug-likeness (QED) is 0.122. The number of Topliss-reactive ketones (excluding diaryl/α,β-unsaturated/α-hetero) is 1. The van der Waals surface area contributed by atoms with Crippen LogP contribution in [-0.4, -0.2) is 62.3 Å². The number of halogens is 1. The van der Waals surface area contributed by atoms with Crippen LogP contribution in [0.5, 0.6) is 34.5 Å². The van der Waals surface area contributed by atoms with E-state index in [1.807, 2.05) is 18.2 Å². The highest BCUT2D eigenvalue weighted by Gasteiger charge is 2.45. The third-order valence-corrected chi connectivity index (χ3v) is 9.77. The normalized spacial score (nSPS) is 18.0. The maximum Gasteiger partial charge on any atom is 0.350 e. The molecule has 3 heterocycles. The van der Waals surface area contributed by atoms with Crippen LogP contribution >= 0.6 is 11.6 Å². The van der Waals surface area contributed by atoms with Crippen LogP contribution in [0.3, 0.4) is 0 Å². The number of benzene rings is 4. The summed E-state index contributed by atoms with van der Waals surface area (Å²) < 4.78 is 40.1. The second kappa shape index (κ2) is 15.6. The standard InChI is InChI=1S/C23H24O6.C20H21ClO4/c1-11(2)16-8-14-15(28-16)6-5-12-22(24)21-13-7-18(25-3)19(26-4)9-17(13)27-10-20(21)29-23(12)14;1-13(2)24-19(23)20(3,4)25-17-11-7-15(8-12-17)18(22)14-5-9-16(21)10-6-14/h5-7,9,11,16,20-21H,8,10H2,1-4H3;5-13H,1-4H3. The highest BCUT2D eigenvalue weighted by Crippen LogP contribution is 2.50. The maximum atomic E-state index is 13.5. The molecule has 3 aliphatic heterocycles. The number of carbonyl (C=O) groups excluding carboxylic acids is 3. The largest absolute Gasteiger partial charge is 0.493 e. The van der Waals surface area contributed by atoms with Gasteiger partial charge >= 0.3 is 5.97 Å². The predicted octanol–water partition coefficient (Wildman–Crippen LogP) is 8.46. The first-order valence-corrected chi connectivity index (χ1v) is 18.3. The molecule has 284 valence electrons. The topological polar surface area (TPSA) is 116 Å². The van der Waals surface area contributed by atoms with E-state index in [1.165, 1.54) is 0 Å². The molecule has 0 aliphatic carbocycles. The van der Waals surface area contributed by atoms with Crippen LogP contribution in [0.15, 0.2) is 72.8 Å². The van der Waals surface area contributed by atoms with E-state index in [2.05, 4.69) is 13.8 Å². The number of ether oxygens (including phenoxy) is 7. The predicted molar refractivity (Wildman–Crippen MR) is 203 cm³/mol. The van der Waals surface area contributed by atoms with Gasteiger partial charge in [0.2, 0.25) is 0 Å². The number of fused-ring (bicyclic) bond motifs is 6. The Labute approximate surface area is 320 Å². The number of ketones is 2. The summed E-state index contributed by atoms with van der Waals surface area (Å²) in [5, 5.41) is 0.579. The summed E-state index contributed by atoms with van der Waals surface area (Å²) in [6.45, 7) is 11.4. The van der Waals surface area contributed by atoms with Crippen LogP contribution in [0.4, 0.5) is 0 Å². The molecule has 3 unspecified atom stereocenters. The molecule has 0 bridgehead atoms. The Morgan fingerprint density at radius 2 is 1.46 bits per heavy atom. The van der Waals surface area contributed by atoms with E-state index >= 15 is 0 Å². The van der Waals surface area contributed by atoms with E-state index in [-0.39, 0.29) is 29.9 Å². The lowest BCUT2D eigenvalue weighted by atomic mass is 9.81. The van der Waals surface area contributed by atoms with Crippen molar-refractivity contribution in [3.8, 4) is 34.5 Å². The average Bonchev–Trinajstić information content (AvgIpc) is 3.60. The van der Waals surface area contributed by atoms with Gasteiger partial charge in [-0.25, -0.2) is 4.79 Å². The summed E-state index contributed by atoms with van der Waals surface area (Å²) in [4.78, 5) is 38.0. The Morgan fingerprint density at radius 1 is 0.833 bits per heavy atom. The molecule has 11 heteroatoms. The third-order valence-electron chi connectivity index (χ3n) is 9.52. The van der Waals surface area contributed by atoms with E-state index in [4.69, 9.17) is 44.8 Å². The molecule has 0 spiro atoms. The molecule has 0 saturated heterocycles. The molecule has 0 amide bonds. The molecule has 0 N–H and O–H groups in total. The Bertz CT molecular complexity index is 2030. The molecule has 4 aromatic rings. The fraction of sp³-hybridized carbons (Fsp3) is 0.372. The van der Waals surface area contributed by atoms with Crippen LogP contribution in [0, 0.1) is 5.92 Å². The van der Waals surface area contributed by atoms with Gasteiger partial charge in [0, 0.05) is 39.8 Å². The molecule has 0 radical (unpaired) electrons. The van der Waals surface area contributed by atoms with Gasteiger partial charge in [-0.05, 0) is 100 Å². The molecule has 7 rings (SSSR count). The first-order valence-electron chi connectivity index (χ1n) is 17.9. The lowest BCUT2D eigenvalue weighted by Gasteiger charge is -2.37. The first kappa shape index (κ1) is 38.5. The molecule has 3 aliphatic rings. The van der Waals surface area contributed by atoms with Crippen LogP contribution in [0.1, 0.15) is 84.9 Å². The van der Waals surface area contributed by atoms with Gasteiger partial charge in [-0.15, -0.1) is 0 Å². The Morgan fingerprint density at radius 3 is 2.07 bits per heavy atom. The van der Waals surface area contributed by atoms with Gasteiger partial charge in [-0.2, -0.15) is 0 Å². The minimum Gasteiger partial charge on any atom is -0.493 e. The summed E-state index contributed by atoms with van der Waals surface area (Å²) in [5.74, 6) is 3.17. The monoisotopic (exact) mass is 756 g/mol. The molecule has 0 saturated carbocycles. The molecule has 0 aromatic heterocycles. The number of methoxy groups -OCH3 is 2. The van der Waals surface area contributed by atoms with Crippen molar-refractivity contribution < 1.29 is 47.5 Å². The van der Waals surface area contributed by atoms with Crippen molar-refractivity contribution in [1.82, 2.24) is 0 Å². The Balaban J connectivity index is 0.000000187.